The van der Waals surface area contributed by atoms with Gasteiger partial charge in [0.05, 0.1) is 6.54 Å². The molecule has 1 atom stereocenters. The summed E-state index contributed by atoms with van der Waals surface area (Å²) in [5.41, 5.74) is -0.524. The van der Waals surface area contributed by atoms with Gasteiger partial charge in [-0.15, -0.1) is 0 Å². The molecule has 0 saturated carbocycles. The predicted octanol–water partition coefficient (Wildman–Crippen LogP) is 2.13. The highest BCUT2D eigenvalue weighted by molar-refractivity contribution is 5.68. The second-order valence-corrected chi connectivity index (χ2v) is 4.33. The van der Waals surface area contributed by atoms with E-state index in [0.29, 0.717) is 6.54 Å². The minimum Gasteiger partial charge on any atom is -0.444 e. The minimum atomic E-state index is -1.07. The van der Waals surface area contributed by atoms with Crippen LogP contribution in [0, 0.1) is 0 Å². The van der Waals surface area contributed by atoms with Crippen molar-refractivity contribution >= 4 is 6.09 Å². The van der Waals surface area contributed by atoms with Gasteiger partial charge >= 0.3 is 6.09 Å². The fourth-order valence-electron chi connectivity index (χ4n) is 1.16. The number of hydrogen-bond acceptors (Lipinski definition) is 2. The lowest BCUT2D eigenvalue weighted by atomic mass is 10.2. The topological polar surface area (TPSA) is 29.5 Å². The maximum atomic E-state index is 12.9. The van der Waals surface area contributed by atoms with E-state index in [1.165, 1.54) is 11.0 Å². The van der Waals surface area contributed by atoms with Crippen LogP contribution in [-0.4, -0.2) is 35.9 Å². The van der Waals surface area contributed by atoms with Crippen molar-refractivity contribution in [2.75, 3.05) is 13.1 Å². The molecule has 0 bridgehead atoms. The molecule has 0 fully saturated rings. The van der Waals surface area contributed by atoms with E-state index in [2.05, 4.69) is 0 Å². The summed E-state index contributed by atoms with van der Waals surface area (Å²) in [7, 11) is 0. The first-order valence-electron chi connectivity index (χ1n) is 4.67. The van der Waals surface area contributed by atoms with Crippen LogP contribution in [0.3, 0.4) is 0 Å². The number of carbonyl (C=O) groups excluding carboxylic acids is 1. The van der Waals surface area contributed by atoms with Gasteiger partial charge in [0.1, 0.15) is 11.8 Å². The average Bonchev–Trinajstić information content (AvgIpc) is 2.01. The first kappa shape index (κ1) is 11.0. The summed E-state index contributed by atoms with van der Waals surface area (Å²) in [6, 6.07) is 0. The van der Waals surface area contributed by atoms with Crippen LogP contribution in [0.1, 0.15) is 20.8 Å². The normalized spacial score (nSPS) is 22.3. The summed E-state index contributed by atoms with van der Waals surface area (Å²) >= 11 is 0. The number of ether oxygens (including phenoxy) is 1. The first-order chi connectivity index (χ1) is 6.38. The van der Waals surface area contributed by atoms with E-state index >= 15 is 0 Å². The quantitative estimate of drug-likeness (QED) is 0.562. The molecule has 0 aliphatic carbocycles. The Morgan fingerprint density at radius 2 is 2.21 bits per heavy atom. The zero-order valence-electron chi connectivity index (χ0n) is 8.79. The fraction of sp³-hybridized carbons (Fsp3) is 0.700. The van der Waals surface area contributed by atoms with Crippen LogP contribution in [0.4, 0.5) is 9.18 Å². The lowest BCUT2D eigenvalue weighted by molar-refractivity contribution is 0.0231. The fourth-order valence-corrected chi connectivity index (χ4v) is 1.16. The van der Waals surface area contributed by atoms with Gasteiger partial charge in [-0.2, -0.15) is 0 Å². The maximum absolute atomic E-state index is 12.9. The largest absolute Gasteiger partial charge is 0.444 e. The molecule has 3 nitrogen and oxygen atoms in total. The van der Waals surface area contributed by atoms with Crippen molar-refractivity contribution in [3.05, 3.63) is 12.2 Å². The second-order valence-electron chi connectivity index (χ2n) is 4.33. The summed E-state index contributed by atoms with van der Waals surface area (Å²) in [5.74, 6) is 0. The smallest absolute Gasteiger partial charge is 0.410 e. The molecule has 0 aromatic heterocycles. The molecule has 1 amide bonds. The number of rotatable bonds is 0. The van der Waals surface area contributed by atoms with Crippen molar-refractivity contribution in [1.29, 1.82) is 0 Å². The highest BCUT2D eigenvalue weighted by Gasteiger charge is 2.24. The molecule has 1 heterocycles. The number of halogens is 1. The molecule has 0 N–H and O–H groups in total. The van der Waals surface area contributed by atoms with Gasteiger partial charge in [-0.05, 0) is 20.8 Å². The Morgan fingerprint density at radius 3 is 2.71 bits per heavy atom. The number of amides is 1. The van der Waals surface area contributed by atoms with Crippen LogP contribution in [0.25, 0.3) is 0 Å². The minimum absolute atomic E-state index is 0.0887. The summed E-state index contributed by atoms with van der Waals surface area (Å²) in [4.78, 5) is 12.8. The van der Waals surface area contributed by atoms with E-state index in [1.807, 2.05) is 0 Å². The van der Waals surface area contributed by atoms with E-state index in [-0.39, 0.29) is 6.54 Å². The summed E-state index contributed by atoms with van der Waals surface area (Å²) in [6.07, 6.45) is 1.57. The monoisotopic (exact) mass is 201 g/mol. The molecule has 1 aliphatic rings. The van der Waals surface area contributed by atoms with E-state index in [1.54, 1.807) is 26.8 Å². The van der Waals surface area contributed by atoms with Crippen LogP contribution in [0.2, 0.25) is 0 Å². The van der Waals surface area contributed by atoms with E-state index in [4.69, 9.17) is 4.74 Å². The van der Waals surface area contributed by atoms with E-state index in [0.717, 1.165) is 0 Å². The predicted molar refractivity (Wildman–Crippen MR) is 51.8 cm³/mol. The Labute approximate surface area is 83.5 Å². The van der Waals surface area contributed by atoms with Gasteiger partial charge in [0.15, 0.2) is 0 Å². The van der Waals surface area contributed by atoms with Gasteiger partial charge in [0, 0.05) is 6.54 Å². The number of hydrogen-bond donors (Lipinski definition) is 0. The molecule has 0 saturated heterocycles. The van der Waals surface area contributed by atoms with E-state index in [9.17, 15) is 9.18 Å². The maximum Gasteiger partial charge on any atom is 0.410 e. The lowest BCUT2D eigenvalue weighted by Crippen LogP contribution is -2.41. The molecule has 80 valence electrons. The van der Waals surface area contributed by atoms with Crippen LogP contribution < -0.4 is 0 Å². The second kappa shape index (κ2) is 3.98. The Morgan fingerprint density at radius 1 is 1.57 bits per heavy atom. The summed E-state index contributed by atoms with van der Waals surface area (Å²) in [6.45, 7) is 5.88. The molecule has 1 unspecified atom stereocenters. The molecular formula is C10H16FNO2. The average molecular weight is 201 g/mol. The molecule has 0 radical (unpaired) electrons. The standard InChI is InChI=1S/C10H16FNO2/c1-10(2,3)14-9(13)12-6-4-5-8(11)7-12/h4-5,8H,6-7H2,1-3H3. The third kappa shape index (κ3) is 3.36. The molecule has 0 aromatic rings. The molecular weight excluding hydrogens is 185 g/mol. The number of nitrogens with zero attached hydrogens (tertiary/aromatic N) is 1. The lowest BCUT2D eigenvalue weighted by Gasteiger charge is -2.28. The Balaban J connectivity index is 2.50. The first-order valence-corrected chi connectivity index (χ1v) is 4.67. The van der Waals surface area contributed by atoms with Crippen molar-refractivity contribution in [2.45, 2.75) is 32.5 Å². The van der Waals surface area contributed by atoms with Crippen LogP contribution in [0.15, 0.2) is 12.2 Å². The molecule has 0 aromatic carbocycles. The van der Waals surface area contributed by atoms with Crippen LogP contribution in [0.5, 0.6) is 0 Å². The van der Waals surface area contributed by atoms with Gasteiger partial charge in [0.25, 0.3) is 0 Å². The zero-order valence-corrected chi connectivity index (χ0v) is 8.79. The Bertz CT molecular complexity index is 245. The Hall–Kier alpha value is -1.06. The molecule has 14 heavy (non-hydrogen) atoms. The third-order valence-electron chi connectivity index (χ3n) is 1.72. The third-order valence-corrected chi connectivity index (χ3v) is 1.72. The van der Waals surface area contributed by atoms with Gasteiger partial charge in [-0.3, -0.25) is 0 Å². The van der Waals surface area contributed by atoms with Gasteiger partial charge in [-0.25, -0.2) is 9.18 Å². The van der Waals surface area contributed by atoms with Crippen LogP contribution >= 0.6 is 0 Å². The van der Waals surface area contributed by atoms with Crippen molar-refractivity contribution in [3.63, 3.8) is 0 Å². The van der Waals surface area contributed by atoms with Crippen molar-refractivity contribution in [1.82, 2.24) is 4.90 Å². The molecule has 1 rings (SSSR count). The highest BCUT2D eigenvalue weighted by atomic mass is 19.1. The van der Waals surface area contributed by atoms with E-state index < -0.39 is 17.9 Å². The molecule has 0 spiro atoms. The molecule has 4 heteroatoms. The Kier molecular flexibility index (Phi) is 3.13. The van der Waals surface area contributed by atoms with Crippen LogP contribution in [-0.2, 0) is 4.74 Å². The van der Waals surface area contributed by atoms with Gasteiger partial charge in [0.2, 0.25) is 0 Å². The van der Waals surface area contributed by atoms with Gasteiger partial charge in [-0.1, -0.05) is 12.2 Å². The summed E-state index contributed by atoms with van der Waals surface area (Å²) < 4.78 is 18.0. The van der Waals surface area contributed by atoms with Crippen molar-refractivity contribution in [2.24, 2.45) is 0 Å². The van der Waals surface area contributed by atoms with Crippen molar-refractivity contribution < 1.29 is 13.9 Å². The highest BCUT2D eigenvalue weighted by Crippen LogP contribution is 2.13. The number of carbonyl (C=O) groups is 1. The SMILES string of the molecule is CC(C)(C)OC(=O)N1CC=CC(F)C1. The molecule has 1 aliphatic heterocycles. The van der Waals surface area contributed by atoms with Crippen molar-refractivity contribution in [3.8, 4) is 0 Å². The summed E-state index contributed by atoms with van der Waals surface area (Å²) in [5, 5.41) is 0. The number of alkyl halides is 1. The zero-order chi connectivity index (χ0) is 10.8. The van der Waals surface area contributed by atoms with Gasteiger partial charge < -0.3 is 9.64 Å².